The van der Waals surface area contributed by atoms with E-state index < -0.39 is 5.92 Å². The Labute approximate surface area is 75.3 Å². The monoisotopic (exact) mass is 187 g/mol. The molecular formula is C9H11F2NO. The SMILES string of the molecule is CC(F)(F)c1ccc(CON)cc1. The molecule has 13 heavy (non-hydrogen) atoms. The van der Waals surface area contributed by atoms with Gasteiger partial charge in [0.05, 0.1) is 6.61 Å². The first-order valence-corrected chi connectivity index (χ1v) is 3.83. The first-order valence-electron chi connectivity index (χ1n) is 3.83. The smallest absolute Gasteiger partial charge is 0.270 e. The maximum Gasteiger partial charge on any atom is 0.270 e. The van der Waals surface area contributed by atoms with Crippen LogP contribution in [0, 0.1) is 0 Å². The van der Waals surface area contributed by atoms with Crippen molar-refractivity contribution in [1.29, 1.82) is 0 Å². The minimum absolute atomic E-state index is 0.00623. The molecular weight excluding hydrogens is 176 g/mol. The highest BCUT2D eigenvalue weighted by atomic mass is 19.3. The molecule has 72 valence electrons. The number of nitrogens with two attached hydrogens (primary N) is 1. The minimum Gasteiger partial charge on any atom is -0.300 e. The predicted molar refractivity (Wildman–Crippen MR) is 45.0 cm³/mol. The summed E-state index contributed by atoms with van der Waals surface area (Å²) in [4.78, 5) is 4.37. The second-order valence-electron chi connectivity index (χ2n) is 2.90. The summed E-state index contributed by atoms with van der Waals surface area (Å²) in [7, 11) is 0. The summed E-state index contributed by atoms with van der Waals surface area (Å²) in [5, 5.41) is 0. The minimum atomic E-state index is -2.79. The Balaban J connectivity index is 2.81. The van der Waals surface area contributed by atoms with Gasteiger partial charge in [-0.2, -0.15) is 0 Å². The normalized spacial score (nSPS) is 11.7. The molecule has 1 aromatic carbocycles. The molecule has 4 heteroatoms. The van der Waals surface area contributed by atoms with Crippen LogP contribution in [0.2, 0.25) is 0 Å². The summed E-state index contributed by atoms with van der Waals surface area (Å²) >= 11 is 0. The summed E-state index contributed by atoms with van der Waals surface area (Å²) < 4.78 is 25.4. The molecule has 0 saturated carbocycles. The summed E-state index contributed by atoms with van der Waals surface area (Å²) in [5.41, 5.74) is 0.767. The average molecular weight is 187 g/mol. The lowest BCUT2D eigenvalue weighted by Gasteiger charge is -2.10. The molecule has 0 atom stereocenters. The molecule has 0 bridgehead atoms. The molecule has 0 fully saturated rings. The van der Waals surface area contributed by atoms with E-state index in [2.05, 4.69) is 4.84 Å². The second kappa shape index (κ2) is 3.81. The van der Waals surface area contributed by atoms with Crippen molar-refractivity contribution in [2.24, 2.45) is 5.90 Å². The number of halogens is 2. The van der Waals surface area contributed by atoms with Crippen molar-refractivity contribution in [1.82, 2.24) is 0 Å². The highest BCUT2D eigenvalue weighted by molar-refractivity contribution is 5.24. The molecule has 0 heterocycles. The van der Waals surface area contributed by atoms with Gasteiger partial charge in [0.2, 0.25) is 0 Å². The largest absolute Gasteiger partial charge is 0.300 e. The van der Waals surface area contributed by atoms with Crippen molar-refractivity contribution in [3.8, 4) is 0 Å². The van der Waals surface area contributed by atoms with Crippen LogP contribution >= 0.6 is 0 Å². The summed E-state index contributed by atoms with van der Waals surface area (Å²) in [5.74, 6) is 2.05. The molecule has 0 spiro atoms. The summed E-state index contributed by atoms with van der Waals surface area (Å²) in [6.07, 6.45) is 0. The predicted octanol–water partition coefficient (Wildman–Crippen LogP) is 2.19. The van der Waals surface area contributed by atoms with Gasteiger partial charge in [-0.15, -0.1) is 0 Å². The van der Waals surface area contributed by atoms with Crippen molar-refractivity contribution < 1.29 is 13.6 Å². The Hall–Kier alpha value is -1.00. The molecule has 0 aliphatic carbocycles. The zero-order chi connectivity index (χ0) is 9.90. The molecule has 0 aliphatic heterocycles. The molecule has 0 amide bonds. The van der Waals surface area contributed by atoms with Crippen LogP contribution in [-0.2, 0) is 17.4 Å². The lowest BCUT2D eigenvalue weighted by Crippen LogP contribution is -2.07. The average Bonchev–Trinajstić information content (AvgIpc) is 2.04. The third kappa shape index (κ3) is 2.75. The van der Waals surface area contributed by atoms with Gasteiger partial charge in [-0.25, -0.2) is 14.7 Å². The van der Waals surface area contributed by atoms with Gasteiger partial charge in [-0.05, 0) is 5.56 Å². The van der Waals surface area contributed by atoms with Crippen LogP contribution in [0.25, 0.3) is 0 Å². The molecule has 1 aromatic rings. The van der Waals surface area contributed by atoms with E-state index in [9.17, 15) is 8.78 Å². The first-order chi connectivity index (χ1) is 6.04. The van der Waals surface area contributed by atoms with Crippen LogP contribution in [-0.4, -0.2) is 0 Å². The van der Waals surface area contributed by atoms with E-state index in [1.54, 1.807) is 12.1 Å². The Kier molecular flexibility index (Phi) is 2.95. The van der Waals surface area contributed by atoms with Crippen molar-refractivity contribution in [2.75, 3.05) is 0 Å². The topological polar surface area (TPSA) is 35.2 Å². The van der Waals surface area contributed by atoms with Gasteiger partial charge in [0.1, 0.15) is 0 Å². The van der Waals surface area contributed by atoms with E-state index in [-0.39, 0.29) is 12.2 Å². The fraction of sp³-hybridized carbons (Fsp3) is 0.333. The maximum absolute atomic E-state index is 12.7. The van der Waals surface area contributed by atoms with E-state index in [1.807, 2.05) is 0 Å². The second-order valence-corrected chi connectivity index (χ2v) is 2.90. The van der Waals surface area contributed by atoms with E-state index in [1.165, 1.54) is 12.1 Å². The van der Waals surface area contributed by atoms with E-state index >= 15 is 0 Å². The molecule has 0 saturated heterocycles. The van der Waals surface area contributed by atoms with Crippen LogP contribution < -0.4 is 5.90 Å². The first kappa shape index (κ1) is 10.1. The highest BCUT2D eigenvalue weighted by Gasteiger charge is 2.23. The number of rotatable bonds is 3. The van der Waals surface area contributed by atoms with Gasteiger partial charge in [-0.3, -0.25) is 4.84 Å². The zero-order valence-corrected chi connectivity index (χ0v) is 7.26. The molecule has 0 aromatic heterocycles. The maximum atomic E-state index is 12.7. The third-order valence-corrected chi connectivity index (χ3v) is 1.71. The van der Waals surface area contributed by atoms with Crippen molar-refractivity contribution >= 4 is 0 Å². The Morgan fingerprint density at radius 1 is 1.31 bits per heavy atom. The van der Waals surface area contributed by atoms with Crippen LogP contribution in [0.1, 0.15) is 18.1 Å². The van der Waals surface area contributed by atoms with Crippen LogP contribution in [0.4, 0.5) is 8.78 Å². The quantitative estimate of drug-likeness (QED) is 0.736. The Morgan fingerprint density at radius 2 is 1.85 bits per heavy atom. The van der Waals surface area contributed by atoms with Gasteiger partial charge in [0.25, 0.3) is 5.92 Å². The van der Waals surface area contributed by atoms with Gasteiger partial charge in [0.15, 0.2) is 0 Å². The number of hydrogen-bond acceptors (Lipinski definition) is 2. The number of hydrogen-bond donors (Lipinski definition) is 1. The van der Waals surface area contributed by atoms with Crippen LogP contribution in [0.15, 0.2) is 24.3 Å². The van der Waals surface area contributed by atoms with Crippen LogP contribution in [0.5, 0.6) is 0 Å². The highest BCUT2D eigenvalue weighted by Crippen LogP contribution is 2.26. The molecule has 2 nitrogen and oxygen atoms in total. The van der Waals surface area contributed by atoms with Gasteiger partial charge in [-0.1, -0.05) is 24.3 Å². The van der Waals surface area contributed by atoms with Crippen molar-refractivity contribution in [3.63, 3.8) is 0 Å². The fourth-order valence-electron chi connectivity index (χ4n) is 0.990. The van der Waals surface area contributed by atoms with E-state index in [0.29, 0.717) is 0 Å². The van der Waals surface area contributed by atoms with Gasteiger partial charge in [0, 0.05) is 12.5 Å². The molecule has 2 N–H and O–H groups in total. The van der Waals surface area contributed by atoms with Gasteiger partial charge < -0.3 is 0 Å². The van der Waals surface area contributed by atoms with E-state index in [0.717, 1.165) is 12.5 Å². The molecule has 0 aliphatic rings. The lowest BCUT2D eigenvalue weighted by atomic mass is 10.1. The Morgan fingerprint density at radius 3 is 2.23 bits per heavy atom. The van der Waals surface area contributed by atoms with E-state index in [4.69, 9.17) is 5.90 Å². The standard InChI is InChI=1S/C9H11F2NO/c1-9(10,11)8-4-2-7(3-5-8)6-13-12/h2-5H,6,12H2,1H3. The summed E-state index contributed by atoms with van der Waals surface area (Å²) in [6, 6.07) is 5.88. The fourth-order valence-corrected chi connectivity index (χ4v) is 0.990. The number of alkyl halides is 2. The summed E-state index contributed by atoms with van der Waals surface area (Å²) in [6.45, 7) is 1.09. The lowest BCUT2D eigenvalue weighted by molar-refractivity contribution is 0.0174. The van der Waals surface area contributed by atoms with Crippen molar-refractivity contribution in [2.45, 2.75) is 19.5 Å². The molecule has 0 radical (unpaired) electrons. The zero-order valence-electron chi connectivity index (χ0n) is 7.26. The Bertz CT molecular complexity index is 266. The molecule has 0 unspecified atom stereocenters. The molecule has 1 rings (SSSR count). The van der Waals surface area contributed by atoms with Crippen molar-refractivity contribution in [3.05, 3.63) is 35.4 Å². The third-order valence-electron chi connectivity index (χ3n) is 1.71. The van der Waals surface area contributed by atoms with Gasteiger partial charge >= 0.3 is 0 Å². The number of benzene rings is 1. The van der Waals surface area contributed by atoms with Crippen LogP contribution in [0.3, 0.4) is 0 Å².